The van der Waals surface area contributed by atoms with E-state index in [1.165, 1.54) is 6.07 Å². The fourth-order valence-corrected chi connectivity index (χ4v) is 3.15. The number of rotatable bonds is 9. The van der Waals surface area contributed by atoms with E-state index in [1.54, 1.807) is 27.2 Å². The molecule has 0 aliphatic carbocycles. The summed E-state index contributed by atoms with van der Waals surface area (Å²) in [4.78, 5) is 25.0. The standard InChI is InChI=1S/C25H28N2O5/c1-17-7-5-6-8-22(17)26-25(29)19(3)32-24-18(2)27(14-13-23(24)28)15-16-31-21-11-9-20(30-4)10-12-21/h5-14,19H,15-16H2,1-4H3,(H,26,29). The van der Waals surface area contributed by atoms with Crippen LogP contribution in [0.1, 0.15) is 18.2 Å². The average molecular weight is 437 g/mol. The van der Waals surface area contributed by atoms with Crippen LogP contribution < -0.4 is 25.0 Å². The smallest absolute Gasteiger partial charge is 0.265 e. The van der Waals surface area contributed by atoms with Gasteiger partial charge in [-0.3, -0.25) is 9.59 Å². The van der Waals surface area contributed by atoms with Crippen molar-refractivity contribution in [1.29, 1.82) is 0 Å². The second-order valence-electron chi connectivity index (χ2n) is 7.38. The summed E-state index contributed by atoms with van der Waals surface area (Å²) in [6, 6.07) is 16.2. The summed E-state index contributed by atoms with van der Waals surface area (Å²) in [6.45, 7) is 6.24. The van der Waals surface area contributed by atoms with Gasteiger partial charge in [0, 0.05) is 18.0 Å². The van der Waals surface area contributed by atoms with Gasteiger partial charge in [0.25, 0.3) is 5.91 Å². The molecule has 168 valence electrons. The van der Waals surface area contributed by atoms with Crippen molar-refractivity contribution in [1.82, 2.24) is 4.57 Å². The first kappa shape index (κ1) is 22.9. The fourth-order valence-electron chi connectivity index (χ4n) is 3.15. The monoisotopic (exact) mass is 436 g/mol. The normalized spacial score (nSPS) is 11.5. The van der Waals surface area contributed by atoms with Gasteiger partial charge in [-0.15, -0.1) is 0 Å². The Bertz CT molecular complexity index is 1120. The van der Waals surface area contributed by atoms with Crippen LogP contribution in [-0.4, -0.2) is 30.3 Å². The van der Waals surface area contributed by atoms with E-state index in [0.717, 1.165) is 17.1 Å². The first-order chi connectivity index (χ1) is 15.4. The van der Waals surface area contributed by atoms with Crippen molar-refractivity contribution in [3.63, 3.8) is 0 Å². The molecule has 3 rings (SSSR count). The second-order valence-corrected chi connectivity index (χ2v) is 7.38. The zero-order valence-electron chi connectivity index (χ0n) is 18.8. The minimum Gasteiger partial charge on any atom is -0.497 e. The molecule has 1 amide bonds. The van der Waals surface area contributed by atoms with E-state index in [1.807, 2.05) is 60.0 Å². The molecule has 0 saturated heterocycles. The molecular weight excluding hydrogens is 408 g/mol. The molecule has 0 saturated carbocycles. The lowest BCUT2D eigenvalue weighted by molar-refractivity contribution is -0.122. The van der Waals surface area contributed by atoms with Crippen molar-refractivity contribution in [2.75, 3.05) is 19.0 Å². The van der Waals surface area contributed by atoms with Crippen LogP contribution in [0.25, 0.3) is 0 Å². The minimum absolute atomic E-state index is 0.157. The molecule has 1 unspecified atom stereocenters. The van der Waals surface area contributed by atoms with Crippen LogP contribution in [0, 0.1) is 13.8 Å². The first-order valence-corrected chi connectivity index (χ1v) is 10.4. The Morgan fingerprint density at radius 1 is 1.03 bits per heavy atom. The third kappa shape index (κ3) is 5.69. The average Bonchev–Trinajstić information content (AvgIpc) is 2.80. The van der Waals surface area contributed by atoms with Crippen LogP contribution >= 0.6 is 0 Å². The van der Waals surface area contributed by atoms with Crippen molar-refractivity contribution >= 4 is 11.6 Å². The Balaban J connectivity index is 1.64. The number of methoxy groups -OCH3 is 1. The highest BCUT2D eigenvalue weighted by molar-refractivity contribution is 5.94. The number of aromatic nitrogens is 1. The summed E-state index contributed by atoms with van der Waals surface area (Å²) in [5.74, 6) is 1.32. The number of amides is 1. The molecule has 7 heteroatoms. The number of nitrogens with zero attached hydrogens (tertiary/aromatic N) is 1. The maximum Gasteiger partial charge on any atom is 0.265 e. The zero-order valence-corrected chi connectivity index (χ0v) is 18.8. The molecule has 3 aromatic rings. The quantitative estimate of drug-likeness (QED) is 0.549. The number of carbonyl (C=O) groups is 1. The molecule has 1 heterocycles. The molecule has 0 aliphatic rings. The lowest BCUT2D eigenvalue weighted by Gasteiger charge is -2.19. The van der Waals surface area contributed by atoms with Gasteiger partial charge in [-0.05, 0) is 56.7 Å². The third-order valence-electron chi connectivity index (χ3n) is 5.12. The molecule has 1 N–H and O–H groups in total. The summed E-state index contributed by atoms with van der Waals surface area (Å²) >= 11 is 0. The van der Waals surface area contributed by atoms with Crippen LogP contribution in [0.3, 0.4) is 0 Å². The number of anilines is 1. The van der Waals surface area contributed by atoms with E-state index in [-0.39, 0.29) is 17.1 Å². The van der Waals surface area contributed by atoms with Crippen molar-refractivity contribution in [2.24, 2.45) is 0 Å². The van der Waals surface area contributed by atoms with E-state index >= 15 is 0 Å². The predicted molar refractivity (Wildman–Crippen MR) is 124 cm³/mol. The van der Waals surface area contributed by atoms with Crippen LogP contribution in [0.4, 0.5) is 5.69 Å². The third-order valence-corrected chi connectivity index (χ3v) is 5.12. The van der Waals surface area contributed by atoms with Gasteiger partial charge in [-0.25, -0.2) is 0 Å². The first-order valence-electron chi connectivity index (χ1n) is 10.4. The summed E-state index contributed by atoms with van der Waals surface area (Å²) in [6.07, 6.45) is 0.854. The molecule has 0 radical (unpaired) electrons. The molecule has 2 aromatic carbocycles. The van der Waals surface area contributed by atoms with Crippen molar-refractivity contribution in [3.05, 3.63) is 82.3 Å². The number of aryl methyl sites for hydroxylation is 1. The van der Waals surface area contributed by atoms with Gasteiger partial charge in [0.05, 0.1) is 19.3 Å². The van der Waals surface area contributed by atoms with Gasteiger partial charge in [0.15, 0.2) is 11.9 Å². The molecule has 1 atom stereocenters. The van der Waals surface area contributed by atoms with Gasteiger partial charge in [0.1, 0.15) is 18.1 Å². The lowest BCUT2D eigenvalue weighted by Crippen LogP contribution is -2.32. The maximum absolute atomic E-state index is 12.6. The van der Waals surface area contributed by atoms with Gasteiger partial charge in [0.2, 0.25) is 5.43 Å². The second kappa shape index (κ2) is 10.5. The van der Waals surface area contributed by atoms with Crippen LogP contribution in [0.15, 0.2) is 65.6 Å². The number of carbonyl (C=O) groups excluding carboxylic acids is 1. The minimum atomic E-state index is -0.840. The lowest BCUT2D eigenvalue weighted by atomic mass is 10.2. The summed E-state index contributed by atoms with van der Waals surface area (Å²) in [7, 11) is 1.61. The summed E-state index contributed by atoms with van der Waals surface area (Å²) in [5.41, 5.74) is 2.02. The molecule has 0 bridgehead atoms. The number of ether oxygens (including phenoxy) is 3. The van der Waals surface area contributed by atoms with Gasteiger partial charge in [-0.1, -0.05) is 18.2 Å². The highest BCUT2D eigenvalue weighted by atomic mass is 16.5. The van der Waals surface area contributed by atoms with Gasteiger partial charge in [-0.2, -0.15) is 0 Å². The number of hydrogen-bond donors (Lipinski definition) is 1. The Hall–Kier alpha value is -3.74. The van der Waals surface area contributed by atoms with E-state index in [4.69, 9.17) is 14.2 Å². The van der Waals surface area contributed by atoms with Crippen molar-refractivity contribution in [3.8, 4) is 17.2 Å². The van der Waals surface area contributed by atoms with E-state index in [0.29, 0.717) is 24.5 Å². The molecule has 7 nitrogen and oxygen atoms in total. The van der Waals surface area contributed by atoms with Crippen LogP contribution in [-0.2, 0) is 11.3 Å². The Morgan fingerprint density at radius 3 is 2.41 bits per heavy atom. The molecule has 0 spiro atoms. The van der Waals surface area contributed by atoms with Crippen molar-refractivity contribution < 1.29 is 19.0 Å². The maximum atomic E-state index is 12.6. The highest BCUT2D eigenvalue weighted by Gasteiger charge is 2.19. The Labute approximate surface area is 187 Å². The Morgan fingerprint density at radius 2 is 1.72 bits per heavy atom. The molecule has 0 fully saturated rings. The molecule has 1 aromatic heterocycles. The molecule has 0 aliphatic heterocycles. The van der Waals surface area contributed by atoms with Gasteiger partial charge < -0.3 is 24.1 Å². The number of pyridine rings is 1. The highest BCUT2D eigenvalue weighted by Crippen LogP contribution is 2.19. The van der Waals surface area contributed by atoms with Gasteiger partial charge >= 0.3 is 0 Å². The number of nitrogens with one attached hydrogen (secondary N) is 1. The van der Waals surface area contributed by atoms with Crippen LogP contribution in [0.5, 0.6) is 17.2 Å². The summed E-state index contributed by atoms with van der Waals surface area (Å²) in [5, 5.41) is 2.84. The van der Waals surface area contributed by atoms with E-state index in [2.05, 4.69) is 5.32 Å². The zero-order chi connectivity index (χ0) is 23.1. The number of hydrogen-bond acceptors (Lipinski definition) is 5. The largest absolute Gasteiger partial charge is 0.497 e. The topological polar surface area (TPSA) is 78.8 Å². The van der Waals surface area contributed by atoms with E-state index in [9.17, 15) is 9.59 Å². The van der Waals surface area contributed by atoms with Crippen molar-refractivity contribution in [2.45, 2.75) is 33.4 Å². The number of para-hydroxylation sites is 1. The fraction of sp³-hybridized carbons (Fsp3) is 0.280. The van der Waals surface area contributed by atoms with Crippen LogP contribution in [0.2, 0.25) is 0 Å². The molecular formula is C25H28N2O5. The predicted octanol–water partition coefficient (Wildman–Crippen LogP) is 3.96. The summed E-state index contributed by atoms with van der Waals surface area (Å²) < 4.78 is 18.6. The SMILES string of the molecule is COc1ccc(OCCn2ccc(=O)c(OC(C)C(=O)Nc3ccccc3C)c2C)cc1. The van der Waals surface area contributed by atoms with E-state index < -0.39 is 6.10 Å². The Kier molecular flexibility index (Phi) is 7.54. The molecule has 32 heavy (non-hydrogen) atoms. The number of benzene rings is 2.